The third-order valence-electron chi connectivity index (χ3n) is 5.13. The lowest BCUT2D eigenvalue weighted by molar-refractivity contribution is 0.0992. The van der Waals surface area contributed by atoms with Crippen molar-refractivity contribution in [3.8, 4) is 11.3 Å². The highest BCUT2D eigenvalue weighted by Crippen LogP contribution is 2.24. The number of carbonyl (C=O) groups is 2. The normalized spacial score (nSPS) is 10.8. The van der Waals surface area contributed by atoms with Gasteiger partial charge in [-0.05, 0) is 61.4 Å². The molecule has 32 heavy (non-hydrogen) atoms. The number of carbonyl (C=O) groups excluding carboxylic acids is 2. The first-order valence-corrected chi connectivity index (χ1v) is 10.0. The molecule has 1 N–H and O–H groups in total. The minimum atomic E-state index is -0.587. The van der Waals surface area contributed by atoms with Crippen LogP contribution in [0.2, 0.25) is 0 Å². The lowest BCUT2D eigenvalue weighted by Gasteiger charge is -2.19. The highest BCUT2D eigenvalue weighted by molar-refractivity contribution is 6.05. The van der Waals surface area contributed by atoms with Gasteiger partial charge in [0.05, 0.1) is 24.6 Å². The van der Waals surface area contributed by atoms with Crippen LogP contribution < -0.4 is 10.2 Å². The summed E-state index contributed by atoms with van der Waals surface area (Å²) >= 11 is 0. The number of pyridine rings is 2. The second-order valence-electron chi connectivity index (χ2n) is 7.55. The van der Waals surface area contributed by atoms with Crippen LogP contribution in [0.1, 0.15) is 21.5 Å². The van der Waals surface area contributed by atoms with Gasteiger partial charge in [-0.25, -0.2) is 14.8 Å². The number of rotatable bonds is 4. The summed E-state index contributed by atoms with van der Waals surface area (Å²) in [4.78, 5) is 34.8. The lowest BCUT2D eigenvalue weighted by atomic mass is 10.1. The highest BCUT2D eigenvalue weighted by atomic mass is 16.5. The second kappa shape index (κ2) is 8.50. The molecule has 0 aliphatic carbocycles. The molecule has 0 aliphatic heterocycles. The number of amides is 2. The standard InChI is InChI=1S/C24H23N5O3/c1-15-9-16(2)11-19(10-15)28(3)23(30)18-6-8-22-26-13-20(29(22)14-18)17-5-7-21(25-12-17)27-24(31)32-4/h5-14H,1-4H3,(H,25,27,31). The molecule has 0 aliphatic rings. The maximum Gasteiger partial charge on any atom is 0.412 e. The van der Waals surface area contributed by atoms with Crippen molar-refractivity contribution in [2.24, 2.45) is 0 Å². The van der Waals surface area contributed by atoms with Gasteiger partial charge in [-0.3, -0.25) is 14.5 Å². The van der Waals surface area contributed by atoms with Crippen LogP contribution in [0.5, 0.6) is 0 Å². The predicted molar refractivity (Wildman–Crippen MR) is 123 cm³/mol. The van der Waals surface area contributed by atoms with Crippen LogP contribution in [-0.4, -0.2) is 40.5 Å². The molecule has 0 atom stereocenters. The highest BCUT2D eigenvalue weighted by Gasteiger charge is 2.16. The Kier molecular flexibility index (Phi) is 5.59. The molecule has 0 bridgehead atoms. The first-order chi connectivity index (χ1) is 15.4. The van der Waals surface area contributed by atoms with Crippen LogP contribution in [0, 0.1) is 13.8 Å². The van der Waals surface area contributed by atoms with Gasteiger partial charge in [0.2, 0.25) is 0 Å². The summed E-state index contributed by atoms with van der Waals surface area (Å²) in [6.07, 6.45) is 4.54. The maximum absolute atomic E-state index is 13.2. The monoisotopic (exact) mass is 429 g/mol. The largest absolute Gasteiger partial charge is 0.453 e. The maximum atomic E-state index is 13.2. The van der Waals surface area contributed by atoms with Gasteiger partial charge in [0.25, 0.3) is 5.91 Å². The summed E-state index contributed by atoms with van der Waals surface area (Å²) in [6, 6.07) is 13.1. The third kappa shape index (κ3) is 4.15. The summed E-state index contributed by atoms with van der Waals surface area (Å²) in [5.41, 5.74) is 5.87. The van der Waals surface area contributed by atoms with Crippen LogP contribution in [0.25, 0.3) is 16.9 Å². The molecule has 3 aromatic heterocycles. The van der Waals surface area contributed by atoms with Crippen LogP contribution in [0.15, 0.2) is 61.1 Å². The molecule has 0 saturated heterocycles. The molecule has 8 heteroatoms. The van der Waals surface area contributed by atoms with Crippen LogP contribution in [0.4, 0.5) is 16.3 Å². The molecule has 0 fully saturated rings. The first kappa shape index (κ1) is 21.0. The molecular formula is C24H23N5O3. The van der Waals surface area contributed by atoms with Crippen molar-refractivity contribution in [1.82, 2.24) is 14.4 Å². The fraction of sp³-hybridized carbons (Fsp3) is 0.167. The Hall–Kier alpha value is -4.20. The Morgan fingerprint density at radius 2 is 1.75 bits per heavy atom. The SMILES string of the molecule is COC(=O)Nc1ccc(-c2cnc3ccc(C(=O)N(C)c4cc(C)cc(C)c4)cn23)cn1. The molecule has 3 heterocycles. The molecule has 4 rings (SSSR count). The number of anilines is 2. The Balaban J connectivity index is 1.65. The van der Waals surface area contributed by atoms with E-state index in [-0.39, 0.29) is 5.91 Å². The minimum Gasteiger partial charge on any atom is -0.453 e. The van der Waals surface area contributed by atoms with Gasteiger partial charge >= 0.3 is 6.09 Å². The van der Waals surface area contributed by atoms with Gasteiger partial charge in [-0.2, -0.15) is 0 Å². The van der Waals surface area contributed by atoms with E-state index in [1.54, 1.807) is 42.7 Å². The Labute approximate surface area is 185 Å². The smallest absolute Gasteiger partial charge is 0.412 e. The minimum absolute atomic E-state index is 0.118. The van der Waals surface area contributed by atoms with E-state index in [0.29, 0.717) is 17.0 Å². The molecule has 8 nitrogen and oxygen atoms in total. The lowest BCUT2D eigenvalue weighted by Crippen LogP contribution is -2.26. The average molecular weight is 429 g/mol. The van der Waals surface area contributed by atoms with E-state index in [9.17, 15) is 9.59 Å². The number of nitrogens with one attached hydrogen (secondary N) is 1. The van der Waals surface area contributed by atoms with Crippen molar-refractivity contribution in [3.63, 3.8) is 0 Å². The van der Waals surface area contributed by atoms with Gasteiger partial charge in [0, 0.05) is 30.7 Å². The number of benzene rings is 1. The number of methoxy groups -OCH3 is 1. The molecule has 1 aromatic carbocycles. The summed E-state index contributed by atoms with van der Waals surface area (Å²) in [5, 5.41) is 2.52. The van der Waals surface area contributed by atoms with Crippen molar-refractivity contribution in [1.29, 1.82) is 0 Å². The van der Waals surface area contributed by atoms with E-state index in [1.165, 1.54) is 7.11 Å². The number of imidazole rings is 1. The van der Waals surface area contributed by atoms with Gasteiger partial charge in [-0.1, -0.05) is 6.07 Å². The quantitative estimate of drug-likeness (QED) is 0.517. The number of nitrogens with zero attached hydrogens (tertiary/aromatic N) is 4. The fourth-order valence-corrected chi connectivity index (χ4v) is 3.55. The van der Waals surface area contributed by atoms with E-state index >= 15 is 0 Å². The van der Waals surface area contributed by atoms with Crippen molar-refractivity contribution in [2.75, 3.05) is 24.4 Å². The van der Waals surface area contributed by atoms with Gasteiger partial charge in [-0.15, -0.1) is 0 Å². The summed E-state index contributed by atoms with van der Waals surface area (Å²) in [7, 11) is 3.06. The summed E-state index contributed by atoms with van der Waals surface area (Å²) < 4.78 is 6.43. The van der Waals surface area contributed by atoms with Crippen molar-refractivity contribution in [3.05, 3.63) is 77.7 Å². The molecule has 0 saturated carbocycles. The number of hydrogen-bond acceptors (Lipinski definition) is 5. The van der Waals surface area contributed by atoms with E-state index in [1.807, 2.05) is 42.5 Å². The summed E-state index contributed by atoms with van der Waals surface area (Å²) in [6.45, 7) is 4.03. The van der Waals surface area contributed by atoms with E-state index in [2.05, 4.69) is 26.1 Å². The molecule has 2 amide bonds. The number of hydrogen-bond donors (Lipinski definition) is 1. The average Bonchev–Trinajstić information content (AvgIpc) is 3.21. The van der Waals surface area contributed by atoms with Crippen molar-refractivity contribution < 1.29 is 14.3 Å². The Morgan fingerprint density at radius 1 is 1.00 bits per heavy atom. The number of fused-ring (bicyclic) bond motifs is 1. The summed E-state index contributed by atoms with van der Waals surface area (Å²) in [5.74, 6) is 0.257. The van der Waals surface area contributed by atoms with E-state index in [0.717, 1.165) is 28.1 Å². The van der Waals surface area contributed by atoms with Crippen molar-refractivity contribution in [2.45, 2.75) is 13.8 Å². The number of ether oxygens (including phenoxy) is 1. The Bertz CT molecular complexity index is 1290. The topological polar surface area (TPSA) is 88.8 Å². The predicted octanol–water partition coefficient (Wildman–Crippen LogP) is 4.47. The zero-order valence-corrected chi connectivity index (χ0v) is 18.3. The van der Waals surface area contributed by atoms with Gasteiger partial charge < -0.3 is 9.64 Å². The third-order valence-corrected chi connectivity index (χ3v) is 5.13. The molecule has 0 unspecified atom stereocenters. The van der Waals surface area contributed by atoms with E-state index < -0.39 is 6.09 Å². The molecular weight excluding hydrogens is 406 g/mol. The second-order valence-corrected chi connectivity index (χ2v) is 7.55. The fourth-order valence-electron chi connectivity index (χ4n) is 3.55. The molecule has 4 aromatic rings. The zero-order chi connectivity index (χ0) is 22.8. The van der Waals surface area contributed by atoms with Gasteiger partial charge in [0.1, 0.15) is 11.5 Å². The number of aromatic nitrogens is 3. The van der Waals surface area contributed by atoms with Gasteiger partial charge in [0.15, 0.2) is 0 Å². The molecule has 0 radical (unpaired) electrons. The van der Waals surface area contributed by atoms with Crippen LogP contribution in [-0.2, 0) is 4.74 Å². The first-order valence-electron chi connectivity index (χ1n) is 10.0. The number of aryl methyl sites for hydroxylation is 2. The van der Waals surface area contributed by atoms with Crippen molar-refractivity contribution >= 4 is 29.2 Å². The Morgan fingerprint density at radius 3 is 2.41 bits per heavy atom. The van der Waals surface area contributed by atoms with E-state index in [4.69, 9.17) is 0 Å². The van der Waals surface area contributed by atoms with Crippen LogP contribution in [0.3, 0.4) is 0 Å². The molecule has 0 spiro atoms. The van der Waals surface area contributed by atoms with Crippen LogP contribution >= 0.6 is 0 Å². The zero-order valence-electron chi connectivity index (χ0n) is 18.3. The molecule has 162 valence electrons.